The number of rotatable bonds is 4. The van der Waals surface area contributed by atoms with Crippen LogP contribution in [0.5, 0.6) is 0 Å². The van der Waals surface area contributed by atoms with Crippen molar-refractivity contribution in [1.29, 1.82) is 0 Å². The highest BCUT2D eigenvalue weighted by Crippen LogP contribution is 2.40. The molecule has 0 bridgehead atoms. The highest BCUT2D eigenvalue weighted by Gasteiger charge is 2.52. The zero-order valence-corrected chi connectivity index (χ0v) is 17.9. The van der Waals surface area contributed by atoms with Crippen LogP contribution in [0.15, 0.2) is 28.7 Å². The molecule has 3 atom stereocenters. The SMILES string of the molecule is CC(C)(C)[Si](C)(C)OC[C@H]1O[C@@]1(C)C#CC(O)c1ccc(Br)cc1. The van der Waals surface area contributed by atoms with Crippen molar-refractivity contribution in [3.8, 4) is 11.8 Å². The summed E-state index contributed by atoms with van der Waals surface area (Å²) in [5.74, 6) is 5.97. The summed E-state index contributed by atoms with van der Waals surface area (Å²) in [5, 5.41) is 10.4. The van der Waals surface area contributed by atoms with Gasteiger partial charge in [-0.25, -0.2) is 0 Å². The molecule has 1 aromatic carbocycles. The molecule has 1 aromatic rings. The molecule has 1 heterocycles. The van der Waals surface area contributed by atoms with E-state index in [2.05, 4.69) is 61.6 Å². The van der Waals surface area contributed by atoms with Gasteiger partial charge in [-0.05, 0) is 42.8 Å². The molecule has 3 nitrogen and oxygen atoms in total. The van der Waals surface area contributed by atoms with E-state index in [1.165, 1.54) is 0 Å². The van der Waals surface area contributed by atoms with Gasteiger partial charge in [0.2, 0.25) is 0 Å². The molecule has 1 aliphatic heterocycles. The maximum Gasteiger partial charge on any atom is 0.192 e. The first-order valence-corrected chi connectivity index (χ1v) is 11.9. The first-order chi connectivity index (χ1) is 10.9. The molecule has 0 amide bonds. The summed E-state index contributed by atoms with van der Waals surface area (Å²) < 4.78 is 12.9. The quantitative estimate of drug-likeness (QED) is 0.445. The van der Waals surface area contributed by atoms with Gasteiger partial charge in [0.25, 0.3) is 0 Å². The molecule has 0 spiro atoms. The van der Waals surface area contributed by atoms with Gasteiger partial charge in [0, 0.05) is 4.47 Å². The Hall–Kier alpha value is -0.643. The number of ether oxygens (including phenoxy) is 1. The zero-order chi connectivity index (χ0) is 18.2. The van der Waals surface area contributed by atoms with Gasteiger partial charge in [-0.3, -0.25) is 0 Å². The van der Waals surface area contributed by atoms with E-state index in [4.69, 9.17) is 9.16 Å². The van der Waals surface area contributed by atoms with E-state index in [0.29, 0.717) is 6.61 Å². The van der Waals surface area contributed by atoms with Crippen LogP contribution in [0, 0.1) is 11.8 Å². The van der Waals surface area contributed by atoms with E-state index in [1.807, 2.05) is 31.2 Å². The predicted molar refractivity (Wildman–Crippen MR) is 103 cm³/mol. The zero-order valence-electron chi connectivity index (χ0n) is 15.3. The van der Waals surface area contributed by atoms with Gasteiger partial charge < -0.3 is 14.3 Å². The molecule has 1 unspecified atom stereocenters. The average molecular weight is 411 g/mol. The molecule has 132 valence electrons. The number of hydrogen-bond donors (Lipinski definition) is 1. The number of epoxide rings is 1. The number of halogens is 1. The standard InChI is InChI=1S/C19H27BrO3Si/c1-18(2,3)24(5,6)22-13-17-19(4,23-17)12-11-16(21)14-7-9-15(20)10-8-14/h7-10,16-17,21H,13H2,1-6H3/t16?,17-,19+/m1/s1. The van der Waals surface area contributed by atoms with E-state index in [0.717, 1.165) is 10.0 Å². The Labute approximate surface area is 155 Å². The smallest absolute Gasteiger partial charge is 0.192 e. The van der Waals surface area contributed by atoms with Crippen LogP contribution in [0.25, 0.3) is 0 Å². The lowest BCUT2D eigenvalue weighted by Gasteiger charge is -2.36. The van der Waals surface area contributed by atoms with Gasteiger partial charge in [-0.15, -0.1) is 0 Å². The highest BCUT2D eigenvalue weighted by atomic mass is 79.9. The van der Waals surface area contributed by atoms with Crippen LogP contribution in [0.4, 0.5) is 0 Å². The monoisotopic (exact) mass is 410 g/mol. The van der Waals surface area contributed by atoms with Crippen LogP contribution >= 0.6 is 15.9 Å². The minimum absolute atomic E-state index is 0.0174. The summed E-state index contributed by atoms with van der Waals surface area (Å²) in [4.78, 5) is 0. The Kier molecular flexibility index (Phi) is 5.68. The first kappa shape index (κ1) is 19.7. The third kappa shape index (κ3) is 4.71. The van der Waals surface area contributed by atoms with Crippen LogP contribution in [0.1, 0.15) is 39.4 Å². The highest BCUT2D eigenvalue weighted by molar-refractivity contribution is 9.10. The molecule has 24 heavy (non-hydrogen) atoms. The second-order valence-corrected chi connectivity index (χ2v) is 13.7. The van der Waals surface area contributed by atoms with Crippen LogP contribution in [-0.2, 0) is 9.16 Å². The number of benzene rings is 1. The fraction of sp³-hybridized carbons (Fsp3) is 0.579. The minimum Gasteiger partial charge on any atom is -0.414 e. The molecule has 1 aliphatic rings. The van der Waals surface area contributed by atoms with Gasteiger partial charge in [-0.1, -0.05) is 60.7 Å². The lowest BCUT2D eigenvalue weighted by molar-refractivity contribution is 0.236. The molecule has 5 heteroatoms. The molecule has 2 rings (SSSR count). The van der Waals surface area contributed by atoms with Crippen molar-refractivity contribution in [2.45, 2.75) is 63.6 Å². The fourth-order valence-corrected chi connectivity index (χ4v) is 3.27. The first-order valence-electron chi connectivity index (χ1n) is 8.23. The summed E-state index contributed by atoms with van der Waals surface area (Å²) in [6.45, 7) is 13.6. The molecule has 0 radical (unpaired) electrons. The minimum atomic E-state index is -1.78. The maximum atomic E-state index is 10.2. The third-order valence-corrected chi connectivity index (χ3v) is 10.0. The van der Waals surface area contributed by atoms with E-state index in [-0.39, 0.29) is 11.1 Å². The lowest BCUT2D eigenvalue weighted by Crippen LogP contribution is -2.42. The Morgan fingerprint density at radius 1 is 1.33 bits per heavy atom. The number of aliphatic hydroxyl groups is 1. The second kappa shape index (κ2) is 6.93. The van der Waals surface area contributed by atoms with Crippen LogP contribution < -0.4 is 0 Å². The summed E-state index contributed by atoms with van der Waals surface area (Å²) in [5.41, 5.74) is 0.266. The summed E-state index contributed by atoms with van der Waals surface area (Å²) in [7, 11) is -1.78. The predicted octanol–water partition coefficient (Wildman–Crippen LogP) is 4.67. The van der Waals surface area contributed by atoms with Crippen LogP contribution in [0.3, 0.4) is 0 Å². The Balaban J connectivity index is 1.92. The van der Waals surface area contributed by atoms with Crippen molar-refractivity contribution >= 4 is 24.2 Å². The van der Waals surface area contributed by atoms with Crippen LogP contribution in [-0.4, -0.2) is 31.7 Å². The van der Waals surface area contributed by atoms with Gasteiger partial charge in [0.05, 0.1) is 6.61 Å². The largest absolute Gasteiger partial charge is 0.414 e. The normalized spacial score (nSPS) is 24.9. The third-order valence-electron chi connectivity index (χ3n) is 4.99. The van der Waals surface area contributed by atoms with E-state index < -0.39 is 20.0 Å². The van der Waals surface area contributed by atoms with Crippen molar-refractivity contribution in [2.75, 3.05) is 6.61 Å². The summed E-state index contributed by atoms with van der Waals surface area (Å²) in [6.07, 6.45) is -0.822. The number of hydrogen-bond acceptors (Lipinski definition) is 3. The molecular formula is C19H27BrO3Si. The number of aliphatic hydroxyl groups excluding tert-OH is 1. The van der Waals surface area contributed by atoms with E-state index in [1.54, 1.807) is 0 Å². The van der Waals surface area contributed by atoms with E-state index >= 15 is 0 Å². The molecule has 0 aliphatic carbocycles. The van der Waals surface area contributed by atoms with Crippen molar-refractivity contribution in [2.24, 2.45) is 0 Å². The molecule has 0 saturated carbocycles. The van der Waals surface area contributed by atoms with Gasteiger partial charge in [-0.2, -0.15) is 0 Å². The van der Waals surface area contributed by atoms with Crippen molar-refractivity contribution in [3.05, 3.63) is 34.3 Å². The molecule has 0 aromatic heterocycles. The van der Waals surface area contributed by atoms with Crippen molar-refractivity contribution in [3.63, 3.8) is 0 Å². The summed E-state index contributed by atoms with van der Waals surface area (Å²) >= 11 is 3.38. The summed E-state index contributed by atoms with van der Waals surface area (Å²) in [6, 6.07) is 7.51. The van der Waals surface area contributed by atoms with Gasteiger partial charge in [0.1, 0.15) is 12.2 Å². The molecule has 1 saturated heterocycles. The Bertz CT molecular complexity index is 639. The van der Waals surface area contributed by atoms with E-state index in [9.17, 15) is 5.11 Å². The molecule has 1 fully saturated rings. The second-order valence-electron chi connectivity index (χ2n) is 8.01. The van der Waals surface area contributed by atoms with Gasteiger partial charge >= 0.3 is 0 Å². The molecular weight excluding hydrogens is 384 g/mol. The average Bonchev–Trinajstić information content (AvgIpc) is 3.13. The lowest BCUT2D eigenvalue weighted by atomic mass is 10.1. The fourth-order valence-electron chi connectivity index (χ4n) is 2.01. The van der Waals surface area contributed by atoms with Crippen molar-refractivity contribution < 1.29 is 14.3 Å². The topological polar surface area (TPSA) is 42.0 Å². The van der Waals surface area contributed by atoms with Gasteiger partial charge in [0.15, 0.2) is 13.9 Å². The Morgan fingerprint density at radius 2 is 1.92 bits per heavy atom. The van der Waals surface area contributed by atoms with Crippen molar-refractivity contribution in [1.82, 2.24) is 0 Å². The maximum absolute atomic E-state index is 10.2. The Morgan fingerprint density at radius 3 is 2.46 bits per heavy atom. The van der Waals surface area contributed by atoms with Crippen LogP contribution in [0.2, 0.25) is 18.1 Å². The molecule has 1 N–H and O–H groups in total.